The smallest absolute Gasteiger partial charge is 0.419 e. The summed E-state index contributed by atoms with van der Waals surface area (Å²) in [5.41, 5.74) is -0.151. The lowest BCUT2D eigenvalue weighted by molar-refractivity contribution is -0.138. The van der Waals surface area contributed by atoms with E-state index in [-0.39, 0.29) is 16.5 Å². The van der Waals surface area contributed by atoms with Crippen molar-refractivity contribution in [3.8, 4) is 11.5 Å². The predicted molar refractivity (Wildman–Crippen MR) is 75.7 cm³/mol. The molecule has 0 heterocycles. The number of benzene rings is 2. The summed E-state index contributed by atoms with van der Waals surface area (Å²) in [6, 6.07) is 10.1. The zero-order valence-corrected chi connectivity index (χ0v) is 11.9. The molecule has 0 aliphatic rings. The maximum Gasteiger partial charge on any atom is 0.419 e. The standard InChI is InChI=1S/C15H13ClF3NO/c1-20-9-10-5-4-7-12(16)14(10)21-13-8-3-2-6-11(13)15(17,18)19/h2-8,20H,9H2,1H3. The molecule has 6 heteroatoms. The van der Waals surface area contributed by atoms with Gasteiger partial charge < -0.3 is 10.1 Å². The van der Waals surface area contributed by atoms with Crippen LogP contribution in [0.15, 0.2) is 42.5 Å². The Morgan fingerprint density at radius 3 is 2.48 bits per heavy atom. The lowest BCUT2D eigenvalue weighted by atomic mass is 10.1. The van der Waals surface area contributed by atoms with Gasteiger partial charge in [0.2, 0.25) is 0 Å². The van der Waals surface area contributed by atoms with E-state index >= 15 is 0 Å². The number of rotatable bonds is 4. The van der Waals surface area contributed by atoms with Crippen LogP contribution in [0, 0.1) is 0 Å². The summed E-state index contributed by atoms with van der Waals surface area (Å²) in [5.74, 6) is -0.0410. The highest BCUT2D eigenvalue weighted by molar-refractivity contribution is 6.32. The molecule has 2 rings (SSSR count). The fraction of sp³-hybridized carbons (Fsp3) is 0.200. The molecule has 0 aliphatic carbocycles. The van der Waals surface area contributed by atoms with Crippen molar-refractivity contribution in [1.82, 2.24) is 5.32 Å². The first-order chi connectivity index (χ1) is 9.93. The minimum Gasteiger partial charge on any atom is -0.455 e. The Labute approximate surface area is 125 Å². The molecule has 0 radical (unpaired) electrons. The van der Waals surface area contributed by atoms with Crippen molar-refractivity contribution in [2.24, 2.45) is 0 Å². The second-order valence-corrected chi connectivity index (χ2v) is 4.76. The third-order valence-corrected chi connectivity index (χ3v) is 3.12. The fourth-order valence-corrected chi connectivity index (χ4v) is 2.13. The van der Waals surface area contributed by atoms with E-state index in [0.29, 0.717) is 12.1 Å². The van der Waals surface area contributed by atoms with Gasteiger partial charge in [0.15, 0.2) is 5.75 Å². The van der Waals surface area contributed by atoms with E-state index in [0.717, 1.165) is 6.07 Å². The van der Waals surface area contributed by atoms with Gasteiger partial charge in [-0.05, 0) is 25.2 Å². The van der Waals surface area contributed by atoms with Gasteiger partial charge in [0, 0.05) is 12.1 Å². The van der Waals surface area contributed by atoms with Crippen molar-refractivity contribution in [2.45, 2.75) is 12.7 Å². The Kier molecular flexibility index (Phi) is 4.75. The molecule has 112 valence electrons. The molecule has 0 aliphatic heterocycles. The van der Waals surface area contributed by atoms with Crippen LogP contribution in [-0.4, -0.2) is 7.05 Å². The number of hydrogen-bond acceptors (Lipinski definition) is 2. The maximum absolute atomic E-state index is 13.0. The van der Waals surface area contributed by atoms with Crippen LogP contribution in [0.5, 0.6) is 11.5 Å². The molecule has 0 aromatic heterocycles. The fourth-order valence-electron chi connectivity index (χ4n) is 1.90. The molecule has 0 amide bonds. The van der Waals surface area contributed by atoms with Crippen LogP contribution in [0.1, 0.15) is 11.1 Å². The number of nitrogens with one attached hydrogen (secondary N) is 1. The minimum atomic E-state index is -4.49. The minimum absolute atomic E-state index is 0.227. The highest BCUT2D eigenvalue weighted by atomic mass is 35.5. The molecular weight excluding hydrogens is 303 g/mol. The van der Waals surface area contributed by atoms with Crippen LogP contribution in [0.25, 0.3) is 0 Å². The first-order valence-corrected chi connectivity index (χ1v) is 6.57. The lowest BCUT2D eigenvalue weighted by Crippen LogP contribution is -2.09. The van der Waals surface area contributed by atoms with Gasteiger partial charge in [0.25, 0.3) is 0 Å². The largest absolute Gasteiger partial charge is 0.455 e. The van der Waals surface area contributed by atoms with Crippen molar-refractivity contribution < 1.29 is 17.9 Å². The van der Waals surface area contributed by atoms with Crippen LogP contribution >= 0.6 is 11.6 Å². The number of ether oxygens (including phenoxy) is 1. The Morgan fingerprint density at radius 1 is 1.10 bits per heavy atom. The Bertz CT molecular complexity index is 629. The first kappa shape index (κ1) is 15.7. The number of halogens is 4. The highest BCUT2D eigenvalue weighted by Crippen LogP contribution is 2.40. The van der Waals surface area contributed by atoms with Gasteiger partial charge in [-0.15, -0.1) is 0 Å². The van der Waals surface area contributed by atoms with E-state index in [1.54, 1.807) is 25.2 Å². The quantitative estimate of drug-likeness (QED) is 0.869. The Balaban J connectivity index is 2.44. The zero-order chi connectivity index (χ0) is 15.5. The summed E-state index contributed by atoms with van der Waals surface area (Å²) >= 11 is 6.05. The summed E-state index contributed by atoms with van der Waals surface area (Å²) in [6.07, 6.45) is -4.49. The molecular formula is C15H13ClF3NO. The molecule has 2 aromatic rings. The van der Waals surface area contributed by atoms with E-state index in [4.69, 9.17) is 16.3 Å². The molecule has 0 bridgehead atoms. The van der Waals surface area contributed by atoms with Crippen LogP contribution in [0.2, 0.25) is 5.02 Å². The third-order valence-electron chi connectivity index (χ3n) is 2.82. The number of para-hydroxylation sites is 2. The molecule has 2 nitrogen and oxygen atoms in total. The topological polar surface area (TPSA) is 21.3 Å². The molecule has 1 N–H and O–H groups in total. The number of hydrogen-bond donors (Lipinski definition) is 1. The van der Waals surface area contributed by atoms with Crippen molar-refractivity contribution >= 4 is 11.6 Å². The molecule has 0 saturated carbocycles. The normalized spacial score (nSPS) is 11.5. The molecule has 0 spiro atoms. The number of alkyl halides is 3. The Hall–Kier alpha value is -1.72. The van der Waals surface area contributed by atoms with Gasteiger partial charge in [-0.25, -0.2) is 0 Å². The van der Waals surface area contributed by atoms with Crippen LogP contribution in [0.3, 0.4) is 0 Å². The molecule has 0 fully saturated rings. The summed E-state index contributed by atoms with van der Waals surface area (Å²) in [7, 11) is 1.73. The van der Waals surface area contributed by atoms with Gasteiger partial charge in [0.05, 0.1) is 10.6 Å². The van der Waals surface area contributed by atoms with E-state index in [1.165, 1.54) is 18.2 Å². The molecule has 0 atom stereocenters. The maximum atomic E-state index is 13.0. The zero-order valence-electron chi connectivity index (χ0n) is 11.2. The van der Waals surface area contributed by atoms with Crippen molar-refractivity contribution in [1.29, 1.82) is 0 Å². The second-order valence-electron chi connectivity index (χ2n) is 4.35. The van der Waals surface area contributed by atoms with Crippen LogP contribution < -0.4 is 10.1 Å². The summed E-state index contributed by atoms with van der Waals surface area (Å²) in [4.78, 5) is 0. The summed E-state index contributed by atoms with van der Waals surface area (Å²) in [5, 5.41) is 3.19. The monoisotopic (exact) mass is 315 g/mol. The van der Waals surface area contributed by atoms with Crippen molar-refractivity contribution in [3.05, 3.63) is 58.6 Å². The van der Waals surface area contributed by atoms with E-state index in [2.05, 4.69) is 5.32 Å². The van der Waals surface area contributed by atoms with Crippen molar-refractivity contribution in [3.63, 3.8) is 0 Å². The van der Waals surface area contributed by atoms with Gasteiger partial charge in [-0.1, -0.05) is 35.9 Å². The lowest BCUT2D eigenvalue weighted by Gasteiger charge is -2.16. The molecule has 21 heavy (non-hydrogen) atoms. The van der Waals surface area contributed by atoms with E-state index in [1.807, 2.05) is 0 Å². The first-order valence-electron chi connectivity index (χ1n) is 6.19. The van der Waals surface area contributed by atoms with Crippen molar-refractivity contribution in [2.75, 3.05) is 7.05 Å². The second kappa shape index (κ2) is 6.37. The average molecular weight is 316 g/mol. The van der Waals surface area contributed by atoms with Gasteiger partial charge in [0.1, 0.15) is 5.75 Å². The highest BCUT2D eigenvalue weighted by Gasteiger charge is 2.34. The molecule has 0 saturated heterocycles. The summed E-state index contributed by atoms with van der Waals surface area (Å²) < 4.78 is 44.4. The van der Waals surface area contributed by atoms with Crippen LogP contribution in [-0.2, 0) is 12.7 Å². The SMILES string of the molecule is CNCc1cccc(Cl)c1Oc1ccccc1C(F)(F)F. The third kappa shape index (κ3) is 3.68. The molecule has 0 unspecified atom stereocenters. The molecule has 2 aromatic carbocycles. The summed E-state index contributed by atoms with van der Waals surface area (Å²) in [6.45, 7) is 0.435. The van der Waals surface area contributed by atoms with Gasteiger partial charge >= 0.3 is 6.18 Å². The predicted octanol–water partition coefficient (Wildman–Crippen LogP) is 4.87. The van der Waals surface area contributed by atoms with Gasteiger partial charge in [-0.3, -0.25) is 0 Å². The van der Waals surface area contributed by atoms with Crippen LogP contribution in [0.4, 0.5) is 13.2 Å². The van der Waals surface area contributed by atoms with Gasteiger partial charge in [-0.2, -0.15) is 13.2 Å². The van der Waals surface area contributed by atoms with E-state index in [9.17, 15) is 13.2 Å². The average Bonchev–Trinajstić information content (AvgIpc) is 2.42. The van der Waals surface area contributed by atoms with E-state index < -0.39 is 11.7 Å². The Morgan fingerprint density at radius 2 is 1.81 bits per heavy atom.